The van der Waals surface area contributed by atoms with E-state index in [0.29, 0.717) is 12.5 Å². The Bertz CT molecular complexity index is 489. The van der Waals surface area contributed by atoms with Crippen LogP contribution in [0.1, 0.15) is 19.3 Å². The van der Waals surface area contributed by atoms with Gasteiger partial charge >= 0.3 is 6.09 Å². The predicted octanol–water partition coefficient (Wildman–Crippen LogP) is 0.295. The molecule has 2 amide bonds. The Morgan fingerprint density at radius 3 is 2.77 bits per heavy atom. The molecule has 2 heterocycles. The van der Waals surface area contributed by atoms with Crippen LogP contribution in [0.4, 0.5) is 10.6 Å². The average molecular weight is 307 g/mol. The zero-order valence-corrected chi connectivity index (χ0v) is 12.4. The zero-order valence-electron chi connectivity index (χ0n) is 12.4. The van der Waals surface area contributed by atoms with Gasteiger partial charge in [-0.05, 0) is 25.2 Å². The van der Waals surface area contributed by atoms with Gasteiger partial charge in [0.25, 0.3) is 5.91 Å². The maximum absolute atomic E-state index is 11.3. The number of hydrogen-bond donors (Lipinski definition) is 2. The summed E-state index contributed by atoms with van der Waals surface area (Å²) >= 11 is 0. The Balaban J connectivity index is 1.62. The normalized spacial score (nSPS) is 15.4. The van der Waals surface area contributed by atoms with Crippen molar-refractivity contribution in [2.75, 3.05) is 31.1 Å². The number of nitrogens with one attached hydrogen (secondary N) is 1. The summed E-state index contributed by atoms with van der Waals surface area (Å²) in [6.45, 7) is 2.03. The van der Waals surface area contributed by atoms with E-state index in [4.69, 9.17) is 5.73 Å². The Kier molecular flexibility index (Phi) is 5.93. The summed E-state index contributed by atoms with van der Waals surface area (Å²) in [5.41, 5.74) is 4.89. The highest BCUT2D eigenvalue weighted by atomic mass is 16.6. The van der Waals surface area contributed by atoms with E-state index >= 15 is 0 Å². The molecule has 22 heavy (non-hydrogen) atoms. The van der Waals surface area contributed by atoms with Gasteiger partial charge in [0.15, 0.2) is 6.61 Å². The van der Waals surface area contributed by atoms with Crippen LogP contribution in [-0.2, 0) is 9.53 Å². The zero-order chi connectivity index (χ0) is 15.8. The molecule has 2 rings (SSSR count). The van der Waals surface area contributed by atoms with Crippen molar-refractivity contribution in [3.8, 4) is 0 Å². The van der Waals surface area contributed by atoms with Gasteiger partial charge in [-0.15, -0.1) is 0 Å². The summed E-state index contributed by atoms with van der Waals surface area (Å²) in [6, 6.07) is 0. The number of primary amides is 1. The van der Waals surface area contributed by atoms with Crippen molar-refractivity contribution >= 4 is 17.8 Å². The van der Waals surface area contributed by atoms with Crippen LogP contribution in [0.3, 0.4) is 0 Å². The smallest absolute Gasteiger partial charge is 0.407 e. The van der Waals surface area contributed by atoms with Gasteiger partial charge in [-0.25, -0.2) is 9.78 Å². The highest BCUT2D eigenvalue weighted by molar-refractivity contribution is 5.78. The maximum Gasteiger partial charge on any atom is 0.407 e. The van der Waals surface area contributed by atoms with E-state index in [1.54, 1.807) is 18.6 Å². The molecule has 1 saturated heterocycles. The third kappa shape index (κ3) is 5.19. The van der Waals surface area contributed by atoms with Crippen molar-refractivity contribution in [3.63, 3.8) is 0 Å². The molecule has 3 N–H and O–H groups in total. The van der Waals surface area contributed by atoms with Crippen LogP contribution >= 0.6 is 0 Å². The molecular weight excluding hydrogens is 286 g/mol. The van der Waals surface area contributed by atoms with E-state index in [-0.39, 0.29) is 6.61 Å². The number of rotatable bonds is 6. The second-order valence-electron chi connectivity index (χ2n) is 5.25. The lowest BCUT2D eigenvalue weighted by Gasteiger charge is -2.32. The molecule has 0 bridgehead atoms. The van der Waals surface area contributed by atoms with Gasteiger partial charge in [0.1, 0.15) is 5.82 Å². The first-order valence-electron chi connectivity index (χ1n) is 7.35. The van der Waals surface area contributed by atoms with Crippen LogP contribution < -0.4 is 16.0 Å². The van der Waals surface area contributed by atoms with Crippen molar-refractivity contribution < 1.29 is 14.3 Å². The number of amides is 2. The van der Waals surface area contributed by atoms with Crippen LogP contribution in [0, 0.1) is 5.92 Å². The minimum Gasteiger partial charge on any atom is -0.439 e. The number of piperidine rings is 1. The van der Waals surface area contributed by atoms with Gasteiger partial charge in [0.2, 0.25) is 0 Å². The van der Waals surface area contributed by atoms with Gasteiger partial charge in [-0.2, -0.15) is 0 Å². The number of hydrogen-bond acceptors (Lipinski definition) is 6. The largest absolute Gasteiger partial charge is 0.439 e. The van der Waals surface area contributed by atoms with Crippen molar-refractivity contribution in [1.82, 2.24) is 15.3 Å². The number of nitrogens with two attached hydrogens (primary N) is 1. The number of alkyl carbamates (subject to hydrolysis) is 1. The molecule has 1 aromatic rings. The summed E-state index contributed by atoms with van der Waals surface area (Å²) < 4.78 is 4.62. The summed E-state index contributed by atoms with van der Waals surface area (Å²) in [6.07, 6.45) is 7.53. The molecule has 1 aromatic heterocycles. The van der Waals surface area contributed by atoms with Gasteiger partial charge in [0, 0.05) is 32.0 Å². The van der Waals surface area contributed by atoms with Gasteiger partial charge in [-0.3, -0.25) is 9.78 Å². The molecule has 0 radical (unpaired) electrons. The quantitative estimate of drug-likeness (QED) is 0.782. The highest BCUT2D eigenvalue weighted by Crippen LogP contribution is 2.22. The van der Waals surface area contributed by atoms with Crippen LogP contribution in [0.15, 0.2) is 18.6 Å². The summed E-state index contributed by atoms with van der Waals surface area (Å²) in [7, 11) is 0. The number of anilines is 1. The minimum absolute atomic E-state index is 0.387. The van der Waals surface area contributed by atoms with E-state index in [1.807, 2.05) is 0 Å². The lowest BCUT2D eigenvalue weighted by molar-refractivity contribution is -0.120. The first kappa shape index (κ1) is 16.0. The summed E-state index contributed by atoms with van der Waals surface area (Å²) in [5.74, 6) is 0.810. The molecule has 0 unspecified atom stereocenters. The van der Waals surface area contributed by atoms with Crippen molar-refractivity contribution in [2.45, 2.75) is 19.3 Å². The molecule has 0 spiro atoms. The number of carbonyl (C=O) groups excluding carboxylic acids is 2. The van der Waals surface area contributed by atoms with Crippen molar-refractivity contribution in [3.05, 3.63) is 18.6 Å². The second-order valence-corrected chi connectivity index (χ2v) is 5.25. The third-order valence-electron chi connectivity index (χ3n) is 3.66. The van der Waals surface area contributed by atoms with Crippen LogP contribution in [0.2, 0.25) is 0 Å². The second kappa shape index (κ2) is 8.16. The first-order chi connectivity index (χ1) is 10.6. The minimum atomic E-state index is -0.661. The molecule has 120 valence electrons. The number of aromatic nitrogens is 2. The molecule has 1 aliphatic heterocycles. The average Bonchev–Trinajstić information content (AvgIpc) is 2.54. The topological polar surface area (TPSA) is 110 Å². The van der Waals surface area contributed by atoms with Gasteiger partial charge in [-0.1, -0.05) is 0 Å². The molecule has 8 nitrogen and oxygen atoms in total. The highest BCUT2D eigenvalue weighted by Gasteiger charge is 2.20. The predicted molar refractivity (Wildman–Crippen MR) is 80.1 cm³/mol. The number of nitrogens with zero attached hydrogens (tertiary/aromatic N) is 3. The first-order valence-corrected chi connectivity index (χ1v) is 7.35. The van der Waals surface area contributed by atoms with Gasteiger partial charge in [0.05, 0.1) is 6.20 Å². The van der Waals surface area contributed by atoms with E-state index in [9.17, 15) is 9.59 Å². The monoisotopic (exact) mass is 307 g/mol. The van der Waals surface area contributed by atoms with E-state index in [0.717, 1.165) is 38.2 Å². The molecule has 0 saturated carbocycles. The lowest BCUT2D eigenvalue weighted by Crippen LogP contribution is -2.36. The Morgan fingerprint density at radius 2 is 2.14 bits per heavy atom. The van der Waals surface area contributed by atoms with E-state index < -0.39 is 12.0 Å². The molecule has 0 aromatic carbocycles. The fourth-order valence-electron chi connectivity index (χ4n) is 2.47. The van der Waals surface area contributed by atoms with Crippen molar-refractivity contribution in [1.29, 1.82) is 0 Å². The maximum atomic E-state index is 11.3. The van der Waals surface area contributed by atoms with Gasteiger partial charge < -0.3 is 20.7 Å². The molecule has 0 atom stereocenters. The Hall–Kier alpha value is -2.38. The summed E-state index contributed by atoms with van der Waals surface area (Å²) in [4.78, 5) is 32.3. The Morgan fingerprint density at radius 1 is 1.36 bits per heavy atom. The molecule has 0 aliphatic carbocycles. The van der Waals surface area contributed by atoms with Crippen LogP contribution in [-0.4, -0.2) is 48.2 Å². The third-order valence-corrected chi connectivity index (χ3v) is 3.66. The molecule has 1 aliphatic rings. The number of carbonyl (C=O) groups is 2. The fourth-order valence-corrected chi connectivity index (χ4v) is 2.47. The van der Waals surface area contributed by atoms with E-state index in [1.165, 1.54) is 0 Å². The van der Waals surface area contributed by atoms with Crippen molar-refractivity contribution in [2.24, 2.45) is 11.7 Å². The standard InChI is InChI=1S/C14H21N5O3/c15-12(20)10-22-14(21)18-4-1-11-2-7-19(8-3-11)13-9-16-5-6-17-13/h5-6,9,11H,1-4,7-8,10H2,(H2,15,20)(H,18,21). The van der Waals surface area contributed by atoms with E-state index in [2.05, 4.69) is 24.9 Å². The van der Waals surface area contributed by atoms with Crippen LogP contribution in [0.5, 0.6) is 0 Å². The fraction of sp³-hybridized carbons (Fsp3) is 0.571. The van der Waals surface area contributed by atoms with Crippen LogP contribution in [0.25, 0.3) is 0 Å². The Labute approximate surface area is 129 Å². The molecule has 8 heteroatoms. The summed E-state index contributed by atoms with van der Waals surface area (Å²) in [5, 5.41) is 2.62. The number of ether oxygens (including phenoxy) is 1. The molecule has 1 fully saturated rings. The SMILES string of the molecule is NC(=O)COC(=O)NCCC1CCN(c2cnccn2)CC1. The molecular formula is C14H21N5O3. The lowest BCUT2D eigenvalue weighted by atomic mass is 9.93.